The molecule has 0 aromatic heterocycles. The van der Waals surface area contributed by atoms with Gasteiger partial charge in [0.2, 0.25) is 5.91 Å². The molecular formula is C16H32N2O3. The third-order valence-corrected chi connectivity index (χ3v) is 3.40. The molecule has 0 radical (unpaired) electrons. The Morgan fingerprint density at radius 3 is 2.00 bits per heavy atom. The van der Waals surface area contributed by atoms with E-state index < -0.39 is 0 Å². The quantitative estimate of drug-likeness (QED) is 0.788. The van der Waals surface area contributed by atoms with E-state index in [0.717, 1.165) is 45.3 Å². The average molecular weight is 300 g/mol. The van der Waals surface area contributed by atoms with E-state index in [4.69, 9.17) is 9.47 Å². The SMILES string of the molecule is CC(C)CN1CCOCC1.CC(C)CN1CCOCC1=O. The van der Waals surface area contributed by atoms with Gasteiger partial charge in [0.15, 0.2) is 0 Å². The van der Waals surface area contributed by atoms with Gasteiger partial charge in [0.25, 0.3) is 0 Å². The third-order valence-electron chi connectivity index (χ3n) is 3.40. The normalized spacial score (nSPS) is 20.7. The zero-order valence-corrected chi connectivity index (χ0v) is 14.1. The Bertz CT molecular complexity index is 289. The first-order chi connectivity index (χ1) is 9.99. The number of amides is 1. The maximum absolute atomic E-state index is 11.1. The molecule has 0 spiro atoms. The molecule has 21 heavy (non-hydrogen) atoms. The first kappa shape index (κ1) is 18.4. The number of carbonyl (C=O) groups is 1. The van der Waals surface area contributed by atoms with Crippen LogP contribution in [0.2, 0.25) is 0 Å². The number of rotatable bonds is 4. The molecule has 2 saturated heterocycles. The predicted molar refractivity (Wildman–Crippen MR) is 84.3 cm³/mol. The van der Waals surface area contributed by atoms with Crippen LogP contribution in [-0.2, 0) is 14.3 Å². The highest BCUT2D eigenvalue weighted by atomic mass is 16.5. The summed E-state index contributed by atoms with van der Waals surface area (Å²) < 4.78 is 10.2. The molecule has 0 saturated carbocycles. The predicted octanol–water partition coefficient (Wildman–Crippen LogP) is 1.48. The van der Waals surface area contributed by atoms with E-state index in [2.05, 4.69) is 32.6 Å². The Morgan fingerprint density at radius 2 is 1.48 bits per heavy atom. The summed E-state index contributed by atoms with van der Waals surface area (Å²) in [6, 6.07) is 0. The first-order valence-corrected chi connectivity index (χ1v) is 8.14. The molecule has 5 heteroatoms. The van der Waals surface area contributed by atoms with Crippen LogP contribution in [0.4, 0.5) is 0 Å². The van der Waals surface area contributed by atoms with Crippen LogP contribution in [0, 0.1) is 11.8 Å². The second-order valence-electron chi connectivity index (χ2n) is 6.59. The average Bonchev–Trinajstić information content (AvgIpc) is 2.42. The summed E-state index contributed by atoms with van der Waals surface area (Å²) in [7, 11) is 0. The number of hydrogen-bond donors (Lipinski definition) is 0. The zero-order valence-electron chi connectivity index (χ0n) is 14.1. The highest BCUT2D eigenvalue weighted by Gasteiger charge is 2.18. The van der Waals surface area contributed by atoms with Crippen molar-refractivity contribution in [1.82, 2.24) is 9.80 Å². The van der Waals surface area contributed by atoms with Crippen molar-refractivity contribution in [3.8, 4) is 0 Å². The summed E-state index contributed by atoms with van der Waals surface area (Å²) in [6.07, 6.45) is 0. The molecule has 0 aromatic rings. The second kappa shape index (κ2) is 10.1. The van der Waals surface area contributed by atoms with Crippen molar-refractivity contribution in [2.45, 2.75) is 27.7 Å². The standard InChI is InChI=1S/C8H15NO2.C8H17NO/c1-7(2)5-9-3-4-11-6-8(9)10;1-8(2)7-9-3-5-10-6-4-9/h7H,3-6H2,1-2H3;8H,3-7H2,1-2H3. The fourth-order valence-corrected chi connectivity index (χ4v) is 2.48. The molecule has 5 nitrogen and oxygen atoms in total. The largest absolute Gasteiger partial charge is 0.379 e. The van der Waals surface area contributed by atoms with E-state index in [-0.39, 0.29) is 12.5 Å². The lowest BCUT2D eigenvalue weighted by atomic mass is 10.2. The lowest BCUT2D eigenvalue weighted by Gasteiger charge is -2.28. The molecule has 2 aliphatic rings. The maximum Gasteiger partial charge on any atom is 0.248 e. The van der Waals surface area contributed by atoms with Gasteiger partial charge in [0.05, 0.1) is 19.8 Å². The summed E-state index contributed by atoms with van der Waals surface area (Å²) >= 11 is 0. The van der Waals surface area contributed by atoms with Gasteiger partial charge >= 0.3 is 0 Å². The van der Waals surface area contributed by atoms with Crippen LogP contribution in [0.25, 0.3) is 0 Å². The third kappa shape index (κ3) is 8.39. The molecular weight excluding hydrogens is 268 g/mol. The molecule has 0 aliphatic carbocycles. The monoisotopic (exact) mass is 300 g/mol. The molecule has 0 N–H and O–H groups in total. The van der Waals surface area contributed by atoms with Crippen LogP contribution in [0.5, 0.6) is 0 Å². The van der Waals surface area contributed by atoms with E-state index in [1.807, 2.05) is 4.90 Å². The Morgan fingerprint density at radius 1 is 0.905 bits per heavy atom. The molecule has 0 atom stereocenters. The first-order valence-electron chi connectivity index (χ1n) is 8.14. The Balaban J connectivity index is 0.000000211. The number of morpholine rings is 2. The number of ether oxygens (including phenoxy) is 2. The molecule has 2 heterocycles. The minimum Gasteiger partial charge on any atom is -0.379 e. The van der Waals surface area contributed by atoms with E-state index in [1.54, 1.807) is 0 Å². The molecule has 0 unspecified atom stereocenters. The van der Waals surface area contributed by atoms with Gasteiger partial charge in [-0.2, -0.15) is 0 Å². The molecule has 0 bridgehead atoms. The molecule has 1 amide bonds. The van der Waals surface area contributed by atoms with Crippen molar-refractivity contribution in [3.05, 3.63) is 0 Å². The van der Waals surface area contributed by atoms with E-state index in [1.165, 1.54) is 6.54 Å². The minimum absolute atomic E-state index is 0.130. The maximum atomic E-state index is 11.1. The number of hydrogen-bond acceptors (Lipinski definition) is 4. The van der Waals surface area contributed by atoms with Crippen molar-refractivity contribution in [3.63, 3.8) is 0 Å². The van der Waals surface area contributed by atoms with Crippen LogP contribution in [0.1, 0.15) is 27.7 Å². The van der Waals surface area contributed by atoms with Gasteiger partial charge in [0.1, 0.15) is 6.61 Å². The summed E-state index contributed by atoms with van der Waals surface area (Å²) in [5.41, 5.74) is 0. The topological polar surface area (TPSA) is 42.0 Å². The molecule has 2 aliphatic heterocycles. The highest BCUT2D eigenvalue weighted by molar-refractivity contribution is 5.77. The lowest BCUT2D eigenvalue weighted by Crippen LogP contribution is -2.43. The van der Waals surface area contributed by atoms with E-state index in [9.17, 15) is 4.79 Å². The zero-order chi connectivity index (χ0) is 15.7. The van der Waals surface area contributed by atoms with Crippen molar-refractivity contribution in [2.24, 2.45) is 11.8 Å². The molecule has 124 valence electrons. The second-order valence-corrected chi connectivity index (χ2v) is 6.59. The van der Waals surface area contributed by atoms with Gasteiger partial charge < -0.3 is 14.4 Å². The smallest absolute Gasteiger partial charge is 0.248 e. The van der Waals surface area contributed by atoms with Crippen LogP contribution >= 0.6 is 0 Å². The molecule has 0 aromatic carbocycles. The number of carbonyl (C=O) groups excluding carboxylic acids is 1. The summed E-state index contributed by atoms with van der Waals surface area (Å²) in [6.45, 7) is 16.7. The lowest BCUT2D eigenvalue weighted by molar-refractivity contribution is -0.143. The van der Waals surface area contributed by atoms with Gasteiger partial charge in [-0.15, -0.1) is 0 Å². The van der Waals surface area contributed by atoms with Crippen LogP contribution in [-0.4, -0.2) is 74.9 Å². The van der Waals surface area contributed by atoms with E-state index in [0.29, 0.717) is 12.5 Å². The summed E-state index contributed by atoms with van der Waals surface area (Å²) in [5.74, 6) is 1.47. The summed E-state index contributed by atoms with van der Waals surface area (Å²) in [4.78, 5) is 15.5. The van der Waals surface area contributed by atoms with Crippen LogP contribution < -0.4 is 0 Å². The van der Waals surface area contributed by atoms with Gasteiger partial charge in [-0.05, 0) is 11.8 Å². The molecule has 2 rings (SSSR count). The Labute approximate surface area is 129 Å². The van der Waals surface area contributed by atoms with Gasteiger partial charge in [-0.1, -0.05) is 27.7 Å². The van der Waals surface area contributed by atoms with Crippen molar-refractivity contribution in [2.75, 3.05) is 59.2 Å². The van der Waals surface area contributed by atoms with Crippen molar-refractivity contribution in [1.29, 1.82) is 0 Å². The highest BCUT2D eigenvalue weighted by Crippen LogP contribution is 2.03. The number of nitrogens with zero attached hydrogens (tertiary/aromatic N) is 2. The summed E-state index contributed by atoms with van der Waals surface area (Å²) in [5, 5.41) is 0. The van der Waals surface area contributed by atoms with Crippen molar-refractivity contribution >= 4 is 5.91 Å². The van der Waals surface area contributed by atoms with Crippen molar-refractivity contribution < 1.29 is 14.3 Å². The fourth-order valence-electron chi connectivity index (χ4n) is 2.48. The Kier molecular flexibility index (Phi) is 8.88. The van der Waals surface area contributed by atoms with Crippen LogP contribution in [0.15, 0.2) is 0 Å². The van der Waals surface area contributed by atoms with Gasteiger partial charge in [0, 0.05) is 32.7 Å². The minimum atomic E-state index is 0.130. The van der Waals surface area contributed by atoms with E-state index >= 15 is 0 Å². The molecule has 2 fully saturated rings. The van der Waals surface area contributed by atoms with Gasteiger partial charge in [-0.25, -0.2) is 0 Å². The van der Waals surface area contributed by atoms with Gasteiger partial charge in [-0.3, -0.25) is 9.69 Å². The Hall–Kier alpha value is -0.650. The fraction of sp³-hybridized carbons (Fsp3) is 0.938. The van der Waals surface area contributed by atoms with Crippen LogP contribution in [0.3, 0.4) is 0 Å².